The number of benzene rings is 1. The first-order valence-corrected chi connectivity index (χ1v) is 8.72. The molecule has 2 heterocycles. The van der Waals surface area contributed by atoms with Crippen molar-refractivity contribution in [1.82, 2.24) is 25.1 Å². The molecule has 3 rings (SSSR count). The van der Waals surface area contributed by atoms with Crippen molar-refractivity contribution in [3.8, 4) is 5.82 Å². The average Bonchev–Trinajstić information content (AvgIpc) is 3.08. The number of nitrogens with zero attached hydrogens (tertiary/aromatic N) is 4. The number of carbonyl (C=O) groups is 1. The SMILES string of the molecule is Cc1ccc(NC(=O)NCCNc2cc(-n3ccc(C)n3)ncn2)c(C)c1. The first kappa shape index (κ1) is 18.4. The van der Waals surface area contributed by atoms with E-state index in [1.807, 2.05) is 57.3 Å². The summed E-state index contributed by atoms with van der Waals surface area (Å²) in [7, 11) is 0. The molecule has 8 heteroatoms. The van der Waals surface area contributed by atoms with E-state index in [-0.39, 0.29) is 6.03 Å². The fraction of sp³-hybridized carbons (Fsp3) is 0.263. The van der Waals surface area contributed by atoms with E-state index >= 15 is 0 Å². The number of amides is 2. The summed E-state index contributed by atoms with van der Waals surface area (Å²) in [5.74, 6) is 1.35. The van der Waals surface area contributed by atoms with E-state index in [0.29, 0.717) is 24.7 Å². The molecule has 0 spiro atoms. The van der Waals surface area contributed by atoms with Gasteiger partial charge in [-0.15, -0.1) is 0 Å². The highest BCUT2D eigenvalue weighted by molar-refractivity contribution is 5.90. The zero-order valence-electron chi connectivity index (χ0n) is 15.7. The van der Waals surface area contributed by atoms with Crippen LogP contribution in [0.25, 0.3) is 5.82 Å². The minimum absolute atomic E-state index is 0.237. The molecule has 2 aromatic heterocycles. The monoisotopic (exact) mass is 365 g/mol. The van der Waals surface area contributed by atoms with Gasteiger partial charge in [0.2, 0.25) is 0 Å². The Labute approximate surface area is 158 Å². The van der Waals surface area contributed by atoms with E-state index in [0.717, 1.165) is 22.5 Å². The number of anilines is 2. The van der Waals surface area contributed by atoms with Crippen molar-refractivity contribution in [2.24, 2.45) is 0 Å². The van der Waals surface area contributed by atoms with E-state index in [1.165, 1.54) is 6.33 Å². The van der Waals surface area contributed by atoms with E-state index in [9.17, 15) is 4.79 Å². The molecule has 0 fully saturated rings. The van der Waals surface area contributed by atoms with Crippen molar-refractivity contribution in [2.75, 3.05) is 23.7 Å². The average molecular weight is 365 g/mol. The zero-order valence-corrected chi connectivity index (χ0v) is 15.7. The van der Waals surface area contributed by atoms with Gasteiger partial charge in [0, 0.05) is 31.0 Å². The molecule has 0 unspecified atom stereocenters. The van der Waals surface area contributed by atoms with Gasteiger partial charge in [-0.05, 0) is 38.5 Å². The third-order valence-corrected chi connectivity index (χ3v) is 3.96. The van der Waals surface area contributed by atoms with Crippen LogP contribution in [-0.2, 0) is 0 Å². The van der Waals surface area contributed by atoms with Crippen LogP contribution in [0.2, 0.25) is 0 Å². The minimum Gasteiger partial charge on any atom is -0.368 e. The van der Waals surface area contributed by atoms with Crippen LogP contribution in [0.4, 0.5) is 16.3 Å². The first-order chi connectivity index (χ1) is 13.0. The first-order valence-electron chi connectivity index (χ1n) is 8.72. The van der Waals surface area contributed by atoms with Crippen molar-refractivity contribution in [3.05, 3.63) is 59.7 Å². The maximum atomic E-state index is 12.0. The number of aromatic nitrogens is 4. The predicted octanol–water partition coefficient (Wildman–Crippen LogP) is 2.82. The summed E-state index contributed by atoms with van der Waals surface area (Å²) < 4.78 is 1.69. The quantitative estimate of drug-likeness (QED) is 0.584. The van der Waals surface area contributed by atoms with Crippen molar-refractivity contribution >= 4 is 17.5 Å². The summed E-state index contributed by atoms with van der Waals surface area (Å²) in [5, 5.41) is 13.2. The molecule has 3 N–H and O–H groups in total. The number of nitrogens with one attached hydrogen (secondary N) is 3. The highest BCUT2D eigenvalue weighted by Crippen LogP contribution is 2.15. The minimum atomic E-state index is -0.237. The Morgan fingerprint density at radius 3 is 2.67 bits per heavy atom. The second kappa shape index (κ2) is 8.31. The Kier molecular flexibility index (Phi) is 5.65. The lowest BCUT2D eigenvalue weighted by atomic mass is 10.1. The Morgan fingerprint density at radius 1 is 1.07 bits per heavy atom. The van der Waals surface area contributed by atoms with Gasteiger partial charge in [-0.3, -0.25) is 0 Å². The summed E-state index contributed by atoms with van der Waals surface area (Å²) >= 11 is 0. The number of hydrogen-bond acceptors (Lipinski definition) is 5. The number of carbonyl (C=O) groups excluding carboxylic acids is 1. The highest BCUT2D eigenvalue weighted by atomic mass is 16.2. The number of aryl methyl sites for hydroxylation is 3. The van der Waals surface area contributed by atoms with E-state index in [1.54, 1.807) is 4.68 Å². The fourth-order valence-electron chi connectivity index (χ4n) is 2.60. The molecule has 27 heavy (non-hydrogen) atoms. The van der Waals surface area contributed by atoms with Gasteiger partial charge in [-0.25, -0.2) is 19.4 Å². The Balaban J connectivity index is 1.46. The summed E-state index contributed by atoms with van der Waals surface area (Å²) in [4.78, 5) is 20.4. The summed E-state index contributed by atoms with van der Waals surface area (Å²) in [6.07, 6.45) is 3.33. The Hall–Kier alpha value is -3.42. The van der Waals surface area contributed by atoms with Gasteiger partial charge in [0.25, 0.3) is 0 Å². The number of rotatable bonds is 6. The molecule has 1 aromatic carbocycles. The molecular formula is C19H23N7O. The van der Waals surface area contributed by atoms with Gasteiger partial charge in [0.05, 0.1) is 5.69 Å². The van der Waals surface area contributed by atoms with Gasteiger partial charge in [-0.1, -0.05) is 17.7 Å². The van der Waals surface area contributed by atoms with Crippen molar-refractivity contribution in [3.63, 3.8) is 0 Å². The predicted molar refractivity (Wildman–Crippen MR) is 105 cm³/mol. The van der Waals surface area contributed by atoms with Crippen LogP contribution in [-0.4, -0.2) is 38.9 Å². The molecular weight excluding hydrogens is 342 g/mol. The standard InChI is InChI=1S/C19H23N7O/c1-13-4-5-16(14(2)10-13)24-19(27)21-8-7-20-17-11-18(23-12-22-17)26-9-6-15(3)25-26/h4-6,9-12H,7-8H2,1-3H3,(H,20,22,23)(H2,21,24,27). The molecule has 0 saturated heterocycles. The van der Waals surface area contributed by atoms with Crippen LogP contribution in [0, 0.1) is 20.8 Å². The molecule has 140 valence electrons. The van der Waals surface area contributed by atoms with Gasteiger partial charge >= 0.3 is 6.03 Å². The number of urea groups is 1. The molecule has 2 amide bonds. The lowest BCUT2D eigenvalue weighted by molar-refractivity contribution is 0.252. The van der Waals surface area contributed by atoms with E-state index in [4.69, 9.17) is 0 Å². The largest absolute Gasteiger partial charge is 0.368 e. The third kappa shape index (κ3) is 5.04. The molecule has 0 aliphatic carbocycles. The summed E-state index contributed by atoms with van der Waals surface area (Å²) in [6, 6.07) is 9.39. The van der Waals surface area contributed by atoms with Crippen LogP contribution < -0.4 is 16.0 Å². The van der Waals surface area contributed by atoms with Gasteiger partial charge in [0.1, 0.15) is 12.1 Å². The lowest BCUT2D eigenvalue weighted by Gasteiger charge is -2.11. The van der Waals surface area contributed by atoms with E-state index in [2.05, 4.69) is 31.0 Å². The van der Waals surface area contributed by atoms with Crippen LogP contribution >= 0.6 is 0 Å². The Bertz CT molecular complexity index is 935. The number of hydrogen-bond donors (Lipinski definition) is 3. The molecule has 0 atom stereocenters. The van der Waals surface area contributed by atoms with Gasteiger partial charge < -0.3 is 16.0 Å². The van der Waals surface area contributed by atoms with Gasteiger partial charge in [0.15, 0.2) is 5.82 Å². The molecule has 0 aliphatic rings. The highest BCUT2D eigenvalue weighted by Gasteiger charge is 2.05. The molecule has 8 nitrogen and oxygen atoms in total. The normalized spacial score (nSPS) is 10.5. The van der Waals surface area contributed by atoms with Crippen LogP contribution in [0.1, 0.15) is 16.8 Å². The smallest absolute Gasteiger partial charge is 0.319 e. The Morgan fingerprint density at radius 2 is 1.93 bits per heavy atom. The summed E-state index contributed by atoms with van der Waals surface area (Å²) in [6.45, 7) is 6.91. The van der Waals surface area contributed by atoms with Crippen molar-refractivity contribution in [1.29, 1.82) is 0 Å². The lowest BCUT2D eigenvalue weighted by Crippen LogP contribution is -2.33. The molecule has 0 radical (unpaired) electrons. The fourth-order valence-corrected chi connectivity index (χ4v) is 2.60. The second-order valence-corrected chi connectivity index (χ2v) is 6.29. The van der Waals surface area contributed by atoms with Crippen molar-refractivity contribution in [2.45, 2.75) is 20.8 Å². The second-order valence-electron chi connectivity index (χ2n) is 6.29. The molecule has 0 saturated carbocycles. The maximum Gasteiger partial charge on any atom is 0.319 e. The van der Waals surface area contributed by atoms with E-state index < -0.39 is 0 Å². The van der Waals surface area contributed by atoms with Crippen molar-refractivity contribution < 1.29 is 4.79 Å². The van der Waals surface area contributed by atoms with Crippen LogP contribution in [0.5, 0.6) is 0 Å². The maximum absolute atomic E-state index is 12.0. The van der Waals surface area contributed by atoms with Crippen LogP contribution in [0.3, 0.4) is 0 Å². The summed E-state index contributed by atoms with van der Waals surface area (Å²) in [5.41, 5.74) is 3.92. The van der Waals surface area contributed by atoms with Gasteiger partial charge in [-0.2, -0.15) is 5.10 Å². The molecule has 0 aliphatic heterocycles. The zero-order chi connectivity index (χ0) is 19.2. The topological polar surface area (TPSA) is 96.8 Å². The third-order valence-electron chi connectivity index (χ3n) is 3.96. The molecule has 3 aromatic rings. The molecule has 0 bridgehead atoms. The van der Waals surface area contributed by atoms with Crippen LogP contribution in [0.15, 0.2) is 42.9 Å².